The molecule has 0 aliphatic carbocycles. The van der Waals surface area contributed by atoms with E-state index in [1.165, 1.54) is 13.2 Å². The Balaban J connectivity index is 1.65. The number of nitrogens with zero attached hydrogens (tertiary/aromatic N) is 2. The SMILES string of the molecule is COc1ccc(F)cc1S(=O)(=O)NCCc1cnc(-c2ccccc2)nc1. The molecule has 0 bridgehead atoms. The lowest BCUT2D eigenvalue weighted by atomic mass is 10.2. The van der Waals surface area contributed by atoms with Crippen LogP contribution in [0.2, 0.25) is 0 Å². The van der Waals surface area contributed by atoms with Gasteiger partial charge in [0.2, 0.25) is 10.0 Å². The van der Waals surface area contributed by atoms with Crippen LogP contribution in [0.5, 0.6) is 5.75 Å². The number of benzene rings is 2. The van der Waals surface area contributed by atoms with Crippen molar-refractivity contribution in [2.75, 3.05) is 13.7 Å². The van der Waals surface area contributed by atoms with Gasteiger partial charge in [0.15, 0.2) is 5.82 Å². The quantitative estimate of drug-likeness (QED) is 0.674. The summed E-state index contributed by atoms with van der Waals surface area (Å²) in [5.41, 5.74) is 1.69. The van der Waals surface area contributed by atoms with Gasteiger partial charge in [-0.15, -0.1) is 0 Å². The highest BCUT2D eigenvalue weighted by Crippen LogP contribution is 2.24. The maximum Gasteiger partial charge on any atom is 0.244 e. The molecule has 3 rings (SSSR count). The lowest BCUT2D eigenvalue weighted by Crippen LogP contribution is -2.26. The van der Waals surface area contributed by atoms with Gasteiger partial charge in [0.1, 0.15) is 16.5 Å². The van der Waals surface area contributed by atoms with Crippen molar-refractivity contribution in [1.82, 2.24) is 14.7 Å². The van der Waals surface area contributed by atoms with Gasteiger partial charge in [-0.2, -0.15) is 0 Å². The molecule has 0 aliphatic heterocycles. The van der Waals surface area contributed by atoms with Gasteiger partial charge in [-0.3, -0.25) is 0 Å². The van der Waals surface area contributed by atoms with Crippen molar-refractivity contribution in [2.24, 2.45) is 0 Å². The van der Waals surface area contributed by atoms with Crippen LogP contribution >= 0.6 is 0 Å². The number of hydrogen-bond acceptors (Lipinski definition) is 5. The summed E-state index contributed by atoms with van der Waals surface area (Å²) in [7, 11) is -2.57. The van der Waals surface area contributed by atoms with E-state index in [1.807, 2.05) is 30.3 Å². The highest BCUT2D eigenvalue weighted by molar-refractivity contribution is 7.89. The maximum absolute atomic E-state index is 13.4. The molecule has 1 aromatic heterocycles. The van der Waals surface area contributed by atoms with E-state index in [0.717, 1.165) is 23.3 Å². The molecule has 0 saturated carbocycles. The summed E-state index contributed by atoms with van der Waals surface area (Å²) in [5.74, 6) is 0.0324. The van der Waals surface area contributed by atoms with E-state index in [1.54, 1.807) is 12.4 Å². The van der Waals surface area contributed by atoms with Crippen molar-refractivity contribution in [3.05, 3.63) is 72.3 Å². The Morgan fingerprint density at radius 2 is 1.78 bits per heavy atom. The van der Waals surface area contributed by atoms with E-state index >= 15 is 0 Å². The Labute approximate surface area is 157 Å². The average Bonchev–Trinajstić information content (AvgIpc) is 2.69. The summed E-state index contributed by atoms with van der Waals surface area (Å²) in [6, 6.07) is 12.9. The molecule has 0 unspecified atom stereocenters. The van der Waals surface area contributed by atoms with Crippen molar-refractivity contribution >= 4 is 10.0 Å². The van der Waals surface area contributed by atoms with E-state index in [4.69, 9.17) is 4.74 Å². The molecule has 2 aromatic carbocycles. The highest BCUT2D eigenvalue weighted by Gasteiger charge is 2.20. The van der Waals surface area contributed by atoms with Crippen LogP contribution in [0.3, 0.4) is 0 Å². The molecule has 0 amide bonds. The number of sulfonamides is 1. The monoisotopic (exact) mass is 387 g/mol. The van der Waals surface area contributed by atoms with Crippen LogP contribution in [0.1, 0.15) is 5.56 Å². The Hall–Kier alpha value is -2.84. The number of nitrogens with one attached hydrogen (secondary N) is 1. The first-order chi connectivity index (χ1) is 13.0. The lowest BCUT2D eigenvalue weighted by Gasteiger charge is -2.11. The Kier molecular flexibility index (Phi) is 5.78. The van der Waals surface area contributed by atoms with Crippen LogP contribution in [0.25, 0.3) is 11.4 Å². The van der Waals surface area contributed by atoms with Gasteiger partial charge in [-0.1, -0.05) is 30.3 Å². The summed E-state index contributed by atoms with van der Waals surface area (Å²) >= 11 is 0. The molecule has 0 saturated heterocycles. The Morgan fingerprint density at radius 3 is 2.44 bits per heavy atom. The van der Waals surface area contributed by atoms with Crippen molar-refractivity contribution in [1.29, 1.82) is 0 Å². The summed E-state index contributed by atoms with van der Waals surface area (Å²) in [6.45, 7) is 0.121. The summed E-state index contributed by atoms with van der Waals surface area (Å²) in [5, 5.41) is 0. The molecular weight excluding hydrogens is 369 g/mol. The number of halogens is 1. The zero-order valence-corrected chi connectivity index (χ0v) is 15.4. The van der Waals surface area contributed by atoms with Gasteiger partial charge in [-0.05, 0) is 30.2 Å². The molecule has 3 aromatic rings. The van der Waals surface area contributed by atoms with E-state index in [0.29, 0.717) is 12.2 Å². The molecule has 0 radical (unpaired) electrons. The fourth-order valence-corrected chi connectivity index (χ4v) is 3.70. The first-order valence-corrected chi connectivity index (χ1v) is 9.67. The number of aromatic nitrogens is 2. The van der Waals surface area contributed by atoms with E-state index in [-0.39, 0.29) is 17.2 Å². The summed E-state index contributed by atoms with van der Waals surface area (Å²) in [6.07, 6.45) is 3.71. The van der Waals surface area contributed by atoms with Crippen molar-refractivity contribution < 1.29 is 17.5 Å². The van der Waals surface area contributed by atoms with Crippen LogP contribution in [0.4, 0.5) is 4.39 Å². The molecular formula is C19H18FN3O3S. The first-order valence-electron chi connectivity index (χ1n) is 8.19. The molecule has 8 heteroatoms. The molecule has 1 N–H and O–H groups in total. The predicted octanol–water partition coefficient (Wildman–Crippen LogP) is 2.81. The second-order valence-electron chi connectivity index (χ2n) is 5.72. The third-order valence-corrected chi connectivity index (χ3v) is 5.34. The molecule has 0 aliphatic rings. The number of methoxy groups -OCH3 is 1. The third kappa shape index (κ3) is 4.66. The zero-order chi connectivity index (χ0) is 19.3. The van der Waals surface area contributed by atoms with Crippen molar-refractivity contribution in [2.45, 2.75) is 11.3 Å². The minimum atomic E-state index is -3.90. The molecule has 140 valence electrons. The predicted molar refractivity (Wildman–Crippen MR) is 99.3 cm³/mol. The topological polar surface area (TPSA) is 81.2 Å². The van der Waals surface area contributed by atoms with Gasteiger partial charge in [-0.25, -0.2) is 27.5 Å². The molecule has 0 spiro atoms. The summed E-state index contributed by atoms with van der Waals surface area (Å²) in [4.78, 5) is 8.37. The smallest absolute Gasteiger partial charge is 0.244 e. The Bertz CT molecular complexity index is 1010. The second kappa shape index (κ2) is 8.24. The van der Waals surface area contributed by atoms with E-state index in [9.17, 15) is 12.8 Å². The fourth-order valence-electron chi connectivity index (χ4n) is 2.49. The van der Waals surface area contributed by atoms with E-state index < -0.39 is 15.8 Å². The molecule has 27 heavy (non-hydrogen) atoms. The van der Waals surface area contributed by atoms with Crippen LogP contribution in [0, 0.1) is 5.82 Å². The zero-order valence-electron chi connectivity index (χ0n) is 14.6. The molecule has 0 atom stereocenters. The average molecular weight is 387 g/mol. The first kappa shape index (κ1) is 18.9. The van der Waals surface area contributed by atoms with Crippen LogP contribution in [-0.2, 0) is 16.4 Å². The number of rotatable bonds is 7. The van der Waals surface area contributed by atoms with Gasteiger partial charge in [0, 0.05) is 24.5 Å². The maximum atomic E-state index is 13.4. The van der Waals surface area contributed by atoms with Crippen molar-refractivity contribution in [3.63, 3.8) is 0 Å². The third-order valence-electron chi connectivity index (χ3n) is 3.86. The number of hydrogen-bond donors (Lipinski definition) is 1. The minimum Gasteiger partial charge on any atom is -0.495 e. The van der Waals surface area contributed by atoms with E-state index in [2.05, 4.69) is 14.7 Å². The fraction of sp³-hybridized carbons (Fsp3) is 0.158. The minimum absolute atomic E-state index is 0.0828. The second-order valence-corrected chi connectivity index (χ2v) is 7.46. The molecule has 6 nitrogen and oxygen atoms in total. The van der Waals surface area contributed by atoms with Crippen LogP contribution in [0.15, 0.2) is 65.8 Å². The Morgan fingerprint density at radius 1 is 1.07 bits per heavy atom. The van der Waals surface area contributed by atoms with Gasteiger partial charge >= 0.3 is 0 Å². The molecule has 1 heterocycles. The normalized spacial score (nSPS) is 11.3. The largest absolute Gasteiger partial charge is 0.495 e. The van der Waals surface area contributed by atoms with Crippen LogP contribution in [-0.4, -0.2) is 32.0 Å². The standard InChI is InChI=1S/C19H18FN3O3S/c1-26-17-8-7-16(20)11-18(17)27(24,25)23-10-9-14-12-21-19(22-13-14)15-5-3-2-4-6-15/h2-8,11-13,23H,9-10H2,1H3. The highest BCUT2D eigenvalue weighted by atomic mass is 32.2. The number of ether oxygens (including phenoxy) is 1. The van der Waals surface area contributed by atoms with Gasteiger partial charge in [0.05, 0.1) is 7.11 Å². The van der Waals surface area contributed by atoms with Gasteiger partial charge in [0.25, 0.3) is 0 Å². The summed E-state index contributed by atoms with van der Waals surface area (Å²) < 4.78 is 45.7. The lowest BCUT2D eigenvalue weighted by molar-refractivity contribution is 0.400. The van der Waals surface area contributed by atoms with Crippen LogP contribution < -0.4 is 9.46 Å². The van der Waals surface area contributed by atoms with Gasteiger partial charge < -0.3 is 4.74 Å². The van der Waals surface area contributed by atoms with Crippen molar-refractivity contribution in [3.8, 4) is 17.1 Å². The molecule has 0 fully saturated rings.